The zero-order chi connectivity index (χ0) is 21.8. The van der Waals surface area contributed by atoms with Gasteiger partial charge in [-0.15, -0.1) is 0 Å². The molecule has 4 aromatic rings. The van der Waals surface area contributed by atoms with E-state index in [1.807, 2.05) is 0 Å². The number of aromatic nitrogens is 4. The fourth-order valence-corrected chi connectivity index (χ4v) is 3.60. The van der Waals surface area contributed by atoms with E-state index in [-0.39, 0.29) is 18.2 Å². The Hall–Kier alpha value is -3.17. The van der Waals surface area contributed by atoms with Gasteiger partial charge in [0.1, 0.15) is 11.6 Å². The minimum atomic E-state index is -0.401. The highest BCUT2D eigenvalue weighted by Gasteiger charge is 2.12. The number of nitrogens with one attached hydrogen (secondary N) is 1. The first kappa shape index (κ1) is 21.1. The van der Waals surface area contributed by atoms with Gasteiger partial charge in [-0.25, -0.2) is 9.07 Å². The molecule has 0 saturated carbocycles. The lowest BCUT2D eigenvalue weighted by atomic mass is 10.2. The van der Waals surface area contributed by atoms with Gasteiger partial charge in [-0.3, -0.25) is 9.48 Å². The molecule has 2 aromatic carbocycles. The number of benzene rings is 2. The highest BCUT2D eigenvalue weighted by atomic mass is 79.9. The number of hydrogen-bond acceptors (Lipinski definition) is 4. The molecule has 1 N–H and O–H groups in total. The van der Waals surface area contributed by atoms with Crippen LogP contribution in [0.25, 0.3) is 0 Å². The summed E-state index contributed by atoms with van der Waals surface area (Å²) in [5.41, 5.74) is 0.991. The maximum Gasteiger partial charge on any atom is 0.277 e. The van der Waals surface area contributed by atoms with Gasteiger partial charge in [0.25, 0.3) is 5.91 Å². The molecule has 0 atom stereocenters. The molecule has 0 radical (unpaired) electrons. The molecule has 158 valence electrons. The van der Waals surface area contributed by atoms with Crippen LogP contribution in [0.3, 0.4) is 0 Å². The maximum atomic E-state index is 13.3. The molecule has 0 fully saturated rings. The first-order valence-electron chi connectivity index (χ1n) is 9.17. The minimum absolute atomic E-state index is 0.121. The van der Waals surface area contributed by atoms with E-state index >= 15 is 0 Å². The Labute approximate surface area is 190 Å². The fourth-order valence-electron chi connectivity index (χ4n) is 2.80. The molecule has 0 bridgehead atoms. The molecule has 10 heteroatoms. The monoisotopic (exact) mass is 503 g/mol. The minimum Gasteiger partial charge on any atom is -0.470 e. The summed E-state index contributed by atoms with van der Waals surface area (Å²) in [5, 5.41) is 11.8. The van der Waals surface area contributed by atoms with Gasteiger partial charge >= 0.3 is 0 Å². The molecule has 2 aromatic heterocycles. The molecular weight excluding hydrogens is 489 g/mol. The fraction of sp³-hybridized carbons (Fsp3) is 0.0952. The van der Waals surface area contributed by atoms with E-state index in [4.69, 9.17) is 16.3 Å². The quantitative estimate of drug-likeness (QED) is 0.386. The lowest BCUT2D eigenvalue weighted by Gasteiger charge is -2.08. The zero-order valence-corrected chi connectivity index (χ0v) is 18.3. The van der Waals surface area contributed by atoms with Crippen molar-refractivity contribution < 1.29 is 13.9 Å². The number of carbonyl (C=O) groups is 1. The van der Waals surface area contributed by atoms with Crippen LogP contribution in [0.5, 0.6) is 5.75 Å². The van der Waals surface area contributed by atoms with Crippen LogP contribution in [0.1, 0.15) is 16.1 Å². The summed E-state index contributed by atoms with van der Waals surface area (Å²) in [4.78, 5) is 12.5. The highest BCUT2D eigenvalue weighted by Crippen LogP contribution is 2.28. The predicted octanol–water partition coefficient (Wildman–Crippen LogP) is 4.97. The number of halogens is 3. The molecule has 7 nitrogen and oxygen atoms in total. The van der Waals surface area contributed by atoms with Gasteiger partial charge in [-0.05, 0) is 57.9 Å². The predicted molar refractivity (Wildman–Crippen MR) is 118 cm³/mol. The first-order chi connectivity index (χ1) is 15.0. The van der Waals surface area contributed by atoms with Gasteiger partial charge < -0.3 is 10.1 Å². The third-order valence-corrected chi connectivity index (χ3v) is 5.09. The van der Waals surface area contributed by atoms with Crippen LogP contribution in [0.4, 0.5) is 10.2 Å². The summed E-state index contributed by atoms with van der Waals surface area (Å²) >= 11 is 9.30. The average Bonchev–Trinajstić information content (AvgIpc) is 3.37. The third kappa shape index (κ3) is 5.50. The largest absolute Gasteiger partial charge is 0.470 e. The normalized spacial score (nSPS) is 10.8. The van der Waals surface area contributed by atoms with Crippen molar-refractivity contribution in [3.63, 3.8) is 0 Å². The summed E-state index contributed by atoms with van der Waals surface area (Å²) in [7, 11) is 0. The molecule has 31 heavy (non-hydrogen) atoms. The van der Waals surface area contributed by atoms with Crippen LogP contribution in [-0.4, -0.2) is 25.5 Å². The maximum absolute atomic E-state index is 13.3. The molecule has 2 heterocycles. The van der Waals surface area contributed by atoms with Crippen LogP contribution in [0.15, 0.2) is 71.5 Å². The number of anilines is 1. The van der Waals surface area contributed by atoms with E-state index in [0.29, 0.717) is 23.1 Å². The van der Waals surface area contributed by atoms with E-state index in [1.54, 1.807) is 59.5 Å². The second kappa shape index (κ2) is 9.32. The van der Waals surface area contributed by atoms with Crippen molar-refractivity contribution in [3.8, 4) is 5.75 Å². The number of hydrogen-bond donors (Lipinski definition) is 1. The van der Waals surface area contributed by atoms with Crippen molar-refractivity contribution in [2.75, 3.05) is 5.32 Å². The van der Waals surface area contributed by atoms with E-state index in [2.05, 4.69) is 31.4 Å². The number of carbonyl (C=O) groups excluding carboxylic acids is 1. The van der Waals surface area contributed by atoms with Crippen LogP contribution in [0.2, 0.25) is 5.02 Å². The topological polar surface area (TPSA) is 74.0 Å². The van der Waals surface area contributed by atoms with Crippen molar-refractivity contribution in [1.29, 1.82) is 0 Å². The second-order valence-electron chi connectivity index (χ2n) is 6.57. The molecule has 0 spiro atoms. The van der Waals surface area contributed by atoms with Crippen molar-refractivity contribution in [2.24, 2.45) is 0 Å². The summed E-state index contributed by atoms with van der Waals surface area (Å²) in [6.45, 7) is 0.510. The molecule has 0 unspecified atom stereocenters. The Morgan fingerprint density at radius 1 is 1.10 bits per heavy atom. The van der Waals surface area contributed by atoms with E-state index in [1.165, 1.54) is 16.8 Å². The Kier molecular flexibility index (Phi) is 6.34. The van der Waals surface area contributed by atoms with Crippen molar-refractivity contribution in [3.05, 3.63) is 93.6 Å². The molecular formula is C21H16BrClFN5O2. The van der Waals surface area contributed by atoms with Crippen LogP contribution >= 0.6 is 27.5 Å². The molecule has 0 saturated heterocycles. The van der Waals surface area contributed by atoms with Crippen LogP contribution < -0.4 is 10.1 Å². The lowest BCUT2D eigenvalue weighted by Crippen LogP contribution is -2.15. The number of ether oxygens (including phenoxy) is 1. The van der Waals surface area contributed by atoms with Gasteiger partial charge in [0.2, 0.25) is 0 Å². The van der Waals surface area contributed by atoms with Crippen LogP contribution in [-0.2, 0) is 13.3 Å². The van der Waals surface area contributed by atoms with Gasteiger partial charge in [0, 0.05) is 23.5 Å². The Morgan fingerprint density at radius 2 is 1.94 bits per heavy atom. The molecule has 0 aliphatic heterocycles. The van der Waals surface area contributed by atoms with Crippen molar-refractivity contribution in [2.45, 2.75) is 13.3 Å². The Balaban J connectivity index is 1.34. The number of amides is 1. The van der Waals surface area contributed by atoms with Gasteiger partial charge in [0.15, 0.2) is 18.2 Å². The molecule has 4 rings (SSSR count). The van der Waals surface area contributed by atoms with Crippen LogP contribution in [0, 0.1) is 5.82 Å². The Morgan fingerprint density at radius 3 is 2.74 bits per heavy atom. The van der Waals surface area contributed by atoms with Gasteiger partial charge in [-0.2, -0.15) is 10.2 Å². The van der Waals surface area contributed by atoms with Gasteiger partial charge in [-0.1, -0.05) is 23.7 Å². The summed E-state index contributed by atoms with van der Waals surface area (Å²) < 4.78 is 22.8. The lowest BCUT2D eigenvalue weighted by molar-refractivity contribution is 0.101. The number of nitrogens with zero attached hydrogens (tertiary/aromatic N) is 4. The van der Waals surface area contributed by atoms with Gasteiger partial charge in [0.05, 0.1) is 11.0 Å². The summed E-state index contributed by atoms with van der Waals surface area (Å²) in [5.74, 6) is 0.274. The third-order valence-electron chi connectivity index (χ3n) is 4.24. The Bertz CT molecular complexity index is 1230. The van der Waals surface area contributed by atoms with E-state index < -0.39 is 5.91 Å². The highest BCUT2D eigenvalue weighted by molar-refractivity contribution is 9.10. The standard InChI is InChI=1S/C21H16BrClFN5O2/c22-17-11-15(23)4-5-19(17)31-13-29-8-6-18(26-29)21(30)25-20-7-9-28(27-20)12-14-2-1-3-16(24)10-14/h1-11H,12-13H2,(H,25,27,30). The second-order valence-corrected chi connectivity index (χ2v) is 7.86. The van der Waals surface area contributed by atoms with Crippen molar-refractivity contribution >= 4 is 39.3 Å². The molecule has 1 amide bonds. The molecule has 0 aliphatic rings. The zero-order valence-electron chi connectivity index (χ0n) is 16.0. The first-order valence-corrected chi connectivity index (χ1v) is 10.3. The summed E-state index contributed by atoms with van der Waals surface area (Å²) in [6, 6.07) is 14.7. The average molecular weight is 505 g/mol. The smallest absolute Gasteiger partial charge is 0.277 e. The number of rotatable bonds is 7. The SMILES string of the molecule is O=C(Nc1ccn(Cc2cccc(F)c2)n1)c1ccn(COc2ccc(Cl)cc2Br)n1. The van der Waals surface area contributed by atoms with E-state index in [0.717, 1.165) is 10.0 Å². The summed E-state index contributed by atoms with van der Waals surface area (Å²) in [6.07, 6.45) is 3.35. The van der Waals surface area contributed by atoms with Crippen molar-refractivity contribution in [1.82, 2.24) is 19.6 Å². The molecule has 0 aliphatic carbocycles. The van der Waals surface area contributed by atoms with E-state index in [9.17, 15) is 9.18 Å².